The van der Waals surface area contributed by atoms with E-state index in [1.54, 1.807) is 0 Å². The van der Waals surface area contributed by atoms with Crippen molar-refractivity contribution in [2.75, 3.05) is 23.8 Å². The van der Waals surface area contributed by atoms with Crippen molar-refractivity contribution in [3.63, 3.8) is 0 Å². The molecule has 1 aliphatic carbocycles. The molecule has 0 atom stereocenters. The number of benzene rings is 1. The van der Waals surface area contributed by atoms with Crippen LogP contribution < -0.4 is 10.6 Å². The van der Waals surface area contributed by atoms with E-state index in [4.69, 9.17) is 5.11 Å². The standard InChI is InChI=1S/C15H17BrN4O/c16-11-3-1-2-4-12(11)18-14-9-13(10-5-6-10)19-15(20-14)17-7-8-21/h1-4,9-10,21H,5-8H2,(H2,17,18,19,20). The van der Waals surface area contributed by atoms with Gasteiger partial charge in [-0.05, 0) is 40.9 Å². The number of aliphatic hydroxyl groups excluding tert-OH is 1. The molecule has 0 spiro atoms. The number of halogens is 1. The molecule has 0 aliphatic heterocycles. The highest BCUT2D eigenvalue weighted by Gasteiger charge is 2.26. The van der Waals surface area contributed by atoms with Crippen LogP contribution in [0.3, 0.4) is 0 Å². The van der Waals surface area contributed by atoms with Gasteiger partial charge in [0.1, 0.15) is 5.82 Å². The van der Waals surface area contributed by atoms with Crippen LogP contribution in [0.5, 0.6) is 0 Å². The Balaban J connectivity index is 1.86. The summed E-state index contributed by atoms with van der Waals surface area (Å²) in [4.78, 5) is 8.96. The Morgan fingerprint density at radius 2 is 2.05 bits per heavy atom. The Kier molecular flexibility index (Phi) is 4.36. The van der Waals surface area contributed by atoms with Crippen molar-refractivity contribution in [2.45, 2.75) is 18.8 Å². The van der Waals surface area contributed by atoms with Crippen molar-refractivity contribution < 1.29 is 5.11 Å². The fraction of sp³-hybridized carbons (Fsp3) is 0.333. The molecule has 0 amide bonds. The summed E-state index contributed by atoms with van der Waals surface area (Å²) in [5.41, 5.74) is 2.02. The summed E-state index contributed by atoms with van der Waals surface area (Å²) in [6.45, 7) is 0.507. The van der Waals surface area contributed by atoms with Crippen molar-refractivity contribution in [1.29, 1.82) is 0 Å². The largest absolute Gasteiger partial charge is 0.395 e. The molecule has 1 aromatic heterocycles. The Bertz CT molecular complexity index is 631. The average Bonchev–Trinajstić information content (AvgIpc) is 3.32. The molecule has 5 nitrogen and oxygen atoms in total. The summed E-state index contributed by atoms with van der Waals surface area (Å²) >= 11 is 3.52. The second-order valence-electron chi connectivity index (χ2n) is 5.03. The van der Waals surface area contributed by atoms with Gasteiger partial charge in [-0.2, -0.15) is 4.98 Å². The van der Waals surface area contributed by atoms with Crippen molar-refractivity contribution in [3.05, 3.63) is 40.5 Å². The first-order chi connectivity index (χ1) is 10.3. The minimum Gasteiger partial charge on any atom is -0.395 e. The van der Waals surface area contributed by atoms with E-state index in [0.717, 1.165) is 21.7 Å². The zero-order valence-electron chi connectivity index (χ0n) is 11.5. The van der Waals surface area contributed by atoms with E-state index < -0.39 is 0 Å². The maximum atomic E-state index is 8.92. The van der Waals surface area contributed by atoms with Crippen LogP contribution in [0.2, 0.25) is 0 Å². The van der Waals surface area contributed by atoms with E-state index in [0.29, 0.717) is 18.4 Å². The van der Waals surface area contributed by atoms with Gasteiger partial charge in [-0.25, -0.2) is 4.98 Å². The number of hydrogen-bond acceptors (Lipinski definition) is 5. The lowest BCUT2D eigenvalue weighted by Crippen LogP contribution is -2.10. The van der Waals surface area contributed by atoms with Gasteiger partial charge in [0, 0.05) is 23.0 Å². The number of para-hydroxylation sites is 1. The van der Waals surface area contributed by atoms with Gasteiger partial charge in [-0.1, -0.05) is 12.1 Å². The van der Waals surface area contributed by atoms with E-state index in [2.05, 4.69) is 36.5 Å². The normalized spacial score (nSPS) is 14.0. The molecule has 1 aliphatic rings. The first-order valence-corrected chi connectivity index (χ1v) is 7.81. The number of nitrogens with zero attached hydrogens (tertiary/aromatic N) is 2. The Labute approximate surface area is 132 Å². The Hall–Kier alpha value is -1.66. The molecule has 110 valence electrons. The minimum absolute atomic E-state index is 0.0595. The third kappa shape index (κ3) is 3.71. The minimum atomic E-state index is 0.0595. The third-order valence-electron chi connectivity index (χ3n) is 3.27. The van der Waals surface area contributed by atoms with E-state index in [-0.39, 0.29) is 6.61 Å². The van der Waals surface area contributed by atoms with Crippen LogP contribution in [0.25, 0.3) is 0 Å². The summed E-state index contributed by atoms with van der Waals surface area (Å²) in [5, 5.41) is 15.3. The molecule has 1 fully saturated rings. The van der Waals surface area contributed by atoms with Gasteiger partial charge in [0.2, 0.25) is 5.95 Å². The van der Waals surface area contributed by atoms with Gasteiger partial charge in [0.05, 0.1) is 18.0 Å². The van der Waals surface area contributed by atoms with Gasteiger partial charge in [0.25, 0.3) is 0 Å². The topological polar surface area (TPSA) is 70.1 Å². The second kappa shape index (κ2) is 6.41. The smallest absolute Gasteiger partial charge is 0.224 e. The summed E-state index contributed by atoms with van der Waals surface area (Å²) in [7, 11) is 0. The predicted octanol–water partition coefficient (Wildman–Crippen LogP) is 3.26. The first-order valence-electron chi connectivity index (χ1n) is 7.01. The van der Waals surface area contributed by atoms with Crippen LogP contribution in [0.1, 0.15) is 24.5 Å². The SMILES string of the molecule is OCCNc1nc(Nc2ccccc2Br)cc(C2CC2)n1. The fourth-order valence-electron chi connectivity index (χ4n) is 2.07. The molecule has 1 saturated carbocycles. The molecule has 0 bridgehead atoms. The lowest BCUT2D eigenvalue weighted by atomic mass is 10.2. The third-order valence-corrected chi connectivity index (χ3v) is 3.96. The van der Waals surface area contributed by atoms with Gasteiger partial charge >= 0.3 is 0 Å². The molecule has 6 heteroatoms. The number of anilines is 3. The summed E-state index contributed by atoms with van der Waals surface area (Å²) < 4.78 is 0.987. The maximum Gasteiger partial charge on any atom is 0.224 e. The number of hydrogen-bond donors (Lipinski definition) is 3. The van der Waals surface area contributed by atoms with Crippen molar-refractivity contribution >= 4 is 33.4 Å². The molecular weight excluding hydrogens is 332 g/mol. The molecule has 3 N–H and O–H groups in total. The molecule has 0 radical (unpaired) electrons. The molecular formula is C15H17BrN4O. The first kappa shape index (κ1) is 14.3. The van der Waals surface area contributed by atoms with Crippen LogP contribution in [-0.4, -0.2) is 28.2 Å². The van der Waals surface area contributed by atoms with Crippen molar-refractivity contribution in [2.24, 2.45) is 0 Å². The Morgan fingerprint density at radius 1 is 1.24 bits per heavy atom. The van der Waals surface area contributed by atoms with Crippen molar-refractivity contribution in [1.82, 2.24) is 9.97 Å². The molecule has 1 heterocycles. The zero-order chi connectivity index (χ0) is 14.7. The number of rotatable bonds is 6. The van der Waals surface area contributed by atoms with Crippen LogP contribution in [-0.2, 0) is 0 Å². The van der Waals surface area contributed by atoms with Gasteiger partial charge in [0.15, 0.2) is 0 Å². The monoisotopic (exact) mass is 348 g/mol. The highest BCUT2D eigenvalue weighted by molar-refractivity contribution is 9.10. The van der Waals surface area contributed by atoms with Crippen LogP contribution >= 0.6 is 15.9 Å². The molecule has 2 aromatic rings. The van der Waals surface area contributed by atoms with Crippen LogP contribution in [0, 0.1) is 0 Å². The molecule has 21 heavy (non-hydrogen) atoms. The van der Waals surface area contributed by atoms with Crippen LogP contribution in [0.15, 0.2) is 34.8 Å². The Morgan fingerprint density at radius 3 is 2.76 bits per heavy atom. The highest BCUT2D eigenvalue weighted by Crippen LogP contribution is 2.40. The number of nitrogens with one attached hydrogen (secondary N) is 2. The predicted molar refractivity (Wildman–Crippen MR) is 87.0 cm³/mol. The van der Waals surface area contributed by atoms with Gasteiger partial charge < -0.3 is 15.7 Å². The second-order valence-corrected chi connectivity index (χ2v) is 5.89. The fourth-order valence-corrected chi connectivity index (χ4v) is 2.45. The maximum absolute atomic E-state index is 8.92. The quantitative estimate of drug-likeness (QED) is 0.747. The molecule has 0 unspecified atom stereocenters. The molecule has 1 aromatic carbocycles. The highest BCUT2D eigenvalue weighted by atomic mass is 79.9. The lowest BCUT2D eigenvalue weighted by Gasteiger charge is -2.11. The molecule has 0 saturated heterocycles. The summed E-state index contributed by atoms with van der Waals surface area (Å²) in [5.74, 6) is 1.87. The van der Waals surface area contributed by atoms with Gasteiger partial charge in [-0.15, -0.1) is 0 Å². The van der Waals surface area contributed by atoms with Crippen molar-refractivity contribution in [3.8, 4) is 0 Å². The molecule has 3 rings (SSSR count). The summed E-state index contributed by atoms with van der Waals surface area (Å²) in [6, 6.07) is 9.92. The average molecular weight is 349 g/mol. The van der Waals surface area contributed by atoms with Crippen LogP contribution in [0.4, 0.5) is 17.5 Å². The van der Waals surface area contributed by atoms with E-state index >= 15 is 0 Å². The number of aromatic nitrogens is 2. The van der Waals surface area contributed by atoms with E-state index in [9.17, 15) is 0 Å². The number of aliphatic hydroxyl groups is 1. The van der Waals surface area contributed by atoms with Gasteiger partial charge in [-0.3, -0.25) is 0 Å². The summed E-state index contributed by atoms with van der Waals surface area (Å²) in [6.07, 6.45) is 2.37. The lowest BCUT2D eigenvalue weighted by molar-refractivity contribution is 0.311. The van der Waals surface area contributed by atoms with E-state index in [1.807, 2.05) is 30.3 Å². The zero-order valence-corrected chi connectivity index (χ0v) is 13.1. The van der Waals surface area contributed by atoms with E-state index in [1.165, 1.54) is 12.8 Å².